The molecule has 0 aromatic heterocycles. The number of esters is 2. The van der Waals surface area contributed by atoms with Gasteiger partial charge in [-0.1, -0.05) is 83.8 Å². The third kappa shape index (κ3) is 32.8. The first-order valence-corrected chi connectivity index (χ1v) is 10.5. The zero-order valence-corrected chi connectivity index (χ0v) is 20.1. The van der Waals surface area contributed by atoms with Crippen LogP contribution in [0.25, 0.3) is 0 Å². The summed E-state index contributed by atoms with van der Waals surface area (Å²) in [7, 11) is -3.11. The first-order valence-electron chi connectivity index (χ1n) is 9.47. The standard InChI is InChI=1S/C19H33O4.Na.O3S/c1-3-5-6-7-8-9-10-11-12-13-17-23-19(21)15-14-18(20)22-16-4-2;;1-4(2)3/h4,14H,2-3,5-13,15-17H2,1H3;;/q-1;+1;. The van der Waals surface area contributed by atoms with Crippen molar-refractivity contribution >= 4 is 22.5 Å². The molecule has 0 aromatic rings. The van der Waals surface area contributed by atoms with Gasteiger partial charge in [0.1, 0.15) is 6.61 Å². The van der Waals surface area contributed by atoms with Gasteiger partial charge in [0.25, 0.3) is 5.97 Å². The number of carbonyl (C=O) groups excluding carboxylic acids is 2. The predicted molar refractivity (Wildman–Crippen MR) is 103 cm³/mol. The molecule has 0 aliphatic carbocycles. The first-order chi connectivity index (χ1) is 12.9. The van der Waals surface area contributed by atoms with E-state index in [9.17, 15) is 9.59 Å². The number of unbranched alkanes of at least 4 members (excludes halogenated alkanes) is 9. The van der Waals surface area contributed by atoms with Crippen molar-refractivity contribution < 1.29 is 61.2 Å². The summed E-state index contributed by atoms with van der Waals surface area (Å²) in [5, 5.41) is 0. The molecule has 0 radical (unpaired) electrons. The van der Waals surface area contributed by atoms with Gasteiger partial charge in [0.05, 0.1) is 6.61 Å². The fourth-order valence-electron chi connectivity index (χ4n) is 2.20. The van der Waals surface area contributed by atoms with Gasteiger partial charge < -0.3 is 9.47 Å². The molecule has 0 bridgehead atoms. The van der Waals surface area contributed by atoms with Crippen molar-refractivity contribution in [3.63, 3.8) is 0 Å². The molecular formula is C19H33NaO7S. The molecule has 7 nitrogen and oxygen atoms in total. The number of rotatable bonds is 16. The van der Waals surface area contributed by atoms with Crippen molar-refractivity contribution in [1.82, 2.24) is 0 Å². The molecule has 0 aliphatic rings. The number of carbonyl (C=O) groups is 2. The fourth-order valence-corrected chi connectivity index (χ4v) is 2.20. The molecule has 0 heterocycles. The van der Waals surface area contributed by atoms with E-state index in [-0.39, 0.29) is 48.6 Å². The van der Waals surface area contributed by atoms with E-state index in [1.165, 1.54) is 63.9 Å². The van der Waals surface area contributed by atoms with Crippen LogP contribution in [0.2, 0.25) is 0 Å². The minimum Gasteiger partial charge on any atom is -0.484 e. The Labute approximate surface area is 193 Å². The molecule has 158 valence electrons. The van der Waals surface area contributed by atoms with E-state index < -0.39 is 16.6 Å². The van der Waals surface area contributed by atoms with Crippen LogP contribution in [0, 0.1) is 6.42 Å². The van der Waals surface area contributed by atoms with Crippen molar-refractivity contribution in [2.45, 2.75) is 77.6 Å². The third-order valence-corrected chi connectivity index (χ3v) is 3.54. The second-order valence-corrected chi connectivity index (χ2v) is 6.34. The van der Waals surface area contributed by atoms with E-state index in [2.05, 4.69) is 13.5 Å². The minimum atomic E-state index is -3.11. The molecule has 0 aromatic carbocycles. The maximum absolute atomic E-state index is 11.4. The zero-order valence-electron chi connectivity index (χ0n) is 17.3. The molecule has 0 N–H and O–H groups in total. The van der Waals surface area contributed by atoms with E-state index >= 15 is 0 Å². The average Bonchev–Trinajstić information content (AvgIpc) is 2.62. The molecule has 0 spiro atoms. The Kier molecular flexibility index (Phi) is 29.8. The van der Waals surface area contributed by atoms with Crippen LogP contribution >= 0.6 is 0 Å². The second-order valence-electron chi connectivity index (χ2n) is 5.93. The Balaban J connectivity index is -0.00000113. The Morgan fingerprint density at radius 3 is 1.82 bits per heavy atom. The summed E-state index contributed by atoms with van der Waals surface area (Å²) in [5.74, 6) is -0.891. The van der Waals surface area contributed by atoms with Crippen LogP contribution in [0.3, 0.4) is 0 Å². The largest absolute Gasteiger partial charge is 1.00 e. The molecular weight excluding hydrogens is 395 g/mol. The van der Waals surface area contributed by atoms with Crippen LogP contribution in [0.1, 0.15) is 77.6 Å². The van der Waals surface area contributed by atoms with Gasteiger partial charge in [-0.15, -0.1) is 12.6 Å². The van der Waals surface area contributed by atoms with Crippen LogP contribution in [0.4, 0.5) is 0 Å². The van der Waals surface area contributed by atoms with Gasteiger partial charge >= 0.3 is 40.2 Å². The van der Waals surface area contributed by atoms with Crippen molar-refractivity contribution in [2.75, 3.05) is 13.2 Å². The minimum absolute atomic E-state index is 0. The van der Waals surface area contributed by atoms with E-state index in [0.29, 0.717) is 6.61 Å². The van der Waals surface area contributed by atoms with Crippen molar-refractivity contribution in [3.05, 3.63) is 19.1 Å². The number of hydrogen-bond donors (Lipinski definition) is 0. The quantitative estimate of drug-likeness (QED) is 0.118. The maximum atomic E-state index is 11.4. The average molecular weight is 429 g/mol. The number of ether oxygens (including phenoxy) is 2. The molecule has 0 atom stereocenters. The molecule has 0 aliphatic heterocycles. The smallest absolute Gasteiger partial charge is 0.484 e. The van der Waals surface area contributed by atoms with Gasteiger partial charge in [-0.3, -0.25) is 16.0 Å². The van der Waals surface area contributed by atoms with E-state index in [1.54, 1.807) is 0 Å². The van der Waals surface area contributed by atoms with Crippen LogP contribution in [-0.2, 0) is 29.7 Å². The summed E-state index contributed by atoms with van der Waals surface area (Å²) < 4.78 is 35.1. The SMILES string of the molecule is C=CCOC(=O)[CH-]CC(=O)OCCCCCCCCCCCC.O=S(=O)=O.[Na+]. The molecule has 9 heteroatoms. The summed E-state index contributed by atoms with van der Waals surface area (Å²) in [5.41, 5.74) is 0. The topological polar surface area (TPSA) is 104 Å². The summed E-state index contributed by atoms with van der Waals surface area (Å²) in [6.45, 7) is 6.26. The van der Waals surface area contributed by atoms with Crippen molar-refractivity contribution in [1.29, 1.82) is 0 Å². The van der Waals surface area contributed by atoms with Gasteiger partial charge in [0, 0.05) is 0 Å². The zero-order chi connectivity index (χ0) is 20.8. The third-order valence-electron chi connectivity index (χ3n) is 3.54. The Bertz CT molecular complexity index is 485. The van der Waals surface area contributed by atoms with Gasteiger partial charge in [-0.05, 0) is 6.42 Å². The van der Waals surface area contributed by atoms with E-state index in [0.717, 1.165) is 12.8 Å². The van der Waals surface area contributed by atoms with Crippen molar-refractivity contribution in [2.24, 2.45) is 0 Å². The molecule has 0 fully saturated rings. The molecule has 0 unspecified atom stereocenters. The van der Waals surface area contributed by atoms with Gasteiger partial charge in [0.2, 0.25) is 0 Å². The van der Waals surface area contributed by atoms with Gasteiger partial charge in [-0.2, -0.15) is 0 Å². The summed E-state index contributed by atoms with van der Waals surface area (Å²) >= 11 is 0. The second kappa shape index (κ2) is 26.2. The van der Waals surface area contributed by atoms with Crippen LogP contribution in [0.5, 0.6) is 0 Å². The maximum Gasteiger partial charge on any atom is 1.00 e. The van der Waals surface area contributed by atoms with Crippen LogP contribution in [0.15, 0.2) is 12.7 Å². The summed E-state index contributed by atoms with van der Waals surface area (Å²) in [4.78, 5) is 22.5. The normalized spacial score (nSPS) is 9.18. The monoisotopic (exact) mass is 428 g/mol. The fraction of sp³-hybridized carbons (Fsp3) is 0.737. The van der Waals surface area contributed by atoms with Crippen LogP contribution in [-0.4, -0.2) is 37.8 Å². The van der Waals surface area contributed by atoms with Crippen LogP contribution < -0.4 is 29.6 Å². The molecule has 0 saturated carbocycles. The first kappa shape index (κ1) is 31.9. The Hall–Kier alpha value is -0.830. The van der Waals surface area contributed by atoms with Crippen molar-refractivity contribution in [3.8, 4) is 0 Å². The van der Waals surface area contributed by atoms with Gasteiger partial charge in [-0.25, -0.2) is 0 Å². The molecule has 0 rings (SSSR count). The summed E-state index contributed by atoms with van der Waals surface area (Å²) in [6.07, 6.45) is 15.1. The van der Waals surface area contributed by atoms with Gasteiger partial charge in [0.15, 0.2) is 5.97 Å². The molecule has 0 saturated heterocycles. The molecule has 0 amide bonds. The summed E-state index contributed by atoms with van der Waals surface area (Å²) in [6, 6.07) is 0. The molecule has 28 heavy (non-hydrogen) atoms. The van der Waals surface area contributed by atoms with E-state index in [4.69, 9.17) is 22.1 Å². The van der Waals surface area contributed by atoms with E-state index in [1.807, 2.05) is 0 Å². The Morgan fingerprint density at radius 1 is 0.893 bits per heavy atom. The predicted octanol–water partition coefficient (Wildman–Crippen LogP) is 0.774. The Morgan fingerprint density at radius 2 is 1.36 bits per heavy atom. The number of hydrogen-bond acceptors (Lipinski definition) is 7.